The zero-order valence-corrected chi connectivity index (χ0v) is 15.5. The number of rotatable bonds is 6. The van der Waals surface area contributed by atoms with Gasteiger partial charge < -0.3 is 4.74 Å². The lowest BCUT2D eigenvalue weighted by Gasteiger charge is -2.15. The number of nitrogens with zero attached hydrogens (tertiary/aromatic N) is 4. The van der Waals surface area contributed by atoms with E-state index in [9.17, 15) is 13.2 Å². The van der Waals surface area contributed by atoms with Crippen molar-refractivity contribution < 1.29 is 13.2 Å². The molecular formula is C18H20N4O4S. The maximum atomic E-state index is 12.9. The Bertz CT molecular complexity index is 1100. The number of hydrogen-bond acceptors (Lipinski definition) is 5. The van der Waals surface area contributed by atoms with Gasteiger partial charge in [0.05, 0.1) is 6.54 Å². The van der Waals surface area contributed by atoms with Gasteiger partial charge in [-0.3, -0.25) is 0 Å². The Morgan fingerprint density at radius 3 is 2.52 bits per heavy atom. The molecule has 9 heteroatoms. The van der Waals surface area contributed by atoms with Gasteiger partial charge in [0, 0.05) is 19.3 Å². The van der Waals surface area contributed by atoms with Crippen molar-refractivity contribution >= 4 is 15.7 Å². The summed E-state index contributed by atoms with van der Waals surface area (Å²) in [5, 5.41) is 4.26. The first-order chi connectivity index (χ1) is 13.1. The topological polar surface area (TPSA) is 85.9 Å². The van der Waals surface area contributed by atoms with Crippen LogP contribution in [0.1, 0.15) is 12.8 Å². The van der Waals surface area contributed by atoms with Crippen molar-refractivity contribution in [1.29, 1.82) is 0 Å². The highest BCUT2D eigenvalue weighted by Crippen LogP contribution is 2.23. The van der Waals surface area contributed by atoms with Gasteiger partial charge in [0.2, 0.25) is 10.0 Å². The first-order valence-corrected chi connectivity index (χ1v) is 10.3. The summed E-state index contributed by atoms with van der Waals surface area (Å²) >= 11 is 0. The summed E-state index contributed by atoms with van der Waals surface area (Å²) < 4.78 is 35.4. The van der Waals surface area contributed by atoms with Crippen LogP contribution in [0.2, 0.25) is 0 Å². The summed E-state index contributed by atoms with van der Waals surface area (Å²) in [5.41, 5.74) is -0.241. The fourth-order valence-electron chi connectivity index (χ4n) is 3.19. The molecule has 0 radical (unpaired) electrons. The Labute approximate surface area is 156 Å². The molecule has 0 aliphatic carbocycles. The molecule has 1 aromatic carbocycles. The SMILES string of the molecule is O=c1n(CCOc2ccccc2)nc2c(S(=O)(=O)N3CCCC3)cccn12. The Balaban J connectivity index is 1.62. The Morgan fingerprint density at radius 2 is 1.78 bits per heavy atom. The minimum absolute atomic E-state index is 0.0618. The molecular weight excluding hydrogens is 368 g/mol. The van der Waals surface area contributed by atoms with Gasteiger partial charge >= 0.3 is 5.69 Å². The van der Waals surface area contributed by atoms with Crippen molar-refractivity contribution in [2.24, 2.45) is 0 Å². The molecule has 1 fully saturated rings. The Hall–Kier alpha value is -2.65. The quantitative estimate of drug-likeness (QED) is 0.636. The van der Waals surface area contributed by atoms with E-state index in [0.29, 0.717) is 18.8 Å². The number of sulfonamides is 1. The van der Waals surface area contributed by atoms with Crippen molar-refractivity contribution in [3.05, 3.63) is 59.1 Å². The molecule has 27 heavy (non-hydrogen) atoms. The van der Waals surface area contributed by atoms with Gasteiger partial charge in [0.1, 0.15) is 17.3 Å². The molecule has 0 N–H and O–H groups in total. The third-order valence-corrected chi connectivity index (χ3v) is 6.49. The lowest BCUT2D eigenvalue weighted by molar-refractivity contribution is 0.289. The first kappa shape index (κ1) is 17.7. The third-order valence-electron chi connectivity index (χ3n) is 4.57. The molecule has 8 nitrogen and oxygen atoms in total. The maximum absolute atomic E-state index is 12.9. The van der Waals surface area contributed by atoms with Crippen molar-refractivity contribution in [2.75, 3.05) is 19.7 Å². The van der Waals surface area contributed by atoms with E-state index in [1.165, 1.54) is 25.7 Å². The normalized spacial score (nSPS) is 15.4. The predicted molar refractivity (Wildman–Crippen MR) is 99.4 cm³/mol. The third kappa shape index (κ3) is 3.35. The number of fused-ring (bicyclic) bond motifs is 1. The first-order valence-electron chi connectivity index (χ1n) is 8.83. The van der Waals surface area contributed by atoms with Gasteiger partial charge in [0.25, 0.3) is 0 Å². The molecule has 0 spiro atoms. The fraction of sp³-hybridized carbons (Fsp3) is 0.333. The summed E-state index contributed by atoms with van der Waals surface area (Å²) in [7, 11) is -3.67. The summed E-state index contributed by atoms with van der Waals surface area (Å²) in [6.45, 7) is 1.47. The van der Waals surface area contributed by atoms with E-state index in [0.717, 1.165) is 12.8 Å². The minimum atomic E-state index is -3.67. The lowest BCUT2D eigenvalue weighted by atomic mass is 10.3. The van der Waals surface area contributed by atoms with Crippen molar-refractivity contribution in [1.82, 2.24) is 18.5 Å². The van der Waals surface area contributed by atoms with Crippen LogP contribution in [-0.2, 0) is 16.6 Å². The Kier molecular flexibility index (Phi) is 4.71. The average molecular weight is 388 g/mol. The lowest BCUT2D eigenvalue weighted by Crippen LogP contribution is -2.28. The minimum Gasteiger partial charge on any atom is -0.492 e. The number of para-hydroxylation sites is 1. The van der Waals surface area contributed by atoms with E-state index >= 15 is 0 Å². The zero-order chi connectivity index (χ0) is 18.9. The summed E-state index contributed by atoms with van der Waals surface area (Å²) in [5.74, 6) is 0.701. The molecule has 1 aliphatic heterocycles. The molecule has 1 saturated heterocycles. The van der Waals surface area contributed by atoms with Crippen LogP contribution in [0, 0.1) is 0 Å². The van der Waals surface area contributed by atoms with Gasteiger partial charge in [-0.2, -0.15) is 4.31 Å². The van der Waals surface area contributed by atoms with Gasteiger partial charge in [-0.05, 0) is 37.1 Å². The number of benzene rings is 1. The molecule has 0 saturated carbocycles. The molecule has 1 aliphatic rings. The van der Waals surface area contributed by atoms with Crippen LogP contribution in [0.15, 0.2) is 58.4 Å². The molecule has 4 rings (SSSR count). The van der Waals surface area contributed by atoms with Gasteiger partial charge in [-0.25, -0.2) is 22.3 Å². The number of aromatic nitrogens is 3. The van der Waals surface area contributed by atoms with Crippen LogP contribution >= 0.6 is 0 Å². The second-order valence-electron chi connectivity index (χ2n) is 6.34. The van der Waals surface area contributed by atoms with Crippen molar-refractivity contribution in [2.45, 2.75) is 24.3 Å². The maximum Gasteiger partial charge on any atom is 0.350 e. The summed E-state index contributed by atoms with van der Waals surface area (Å²) in [6.07, 6.45) is 3.23. The highest BCUT2D eigenvalue weighted by atomic mass is 32.2. The molecule has 3 heterocycles. The monoisotopic (exact) mass is 388 g/mol. The van der Waals surface area contributed by atoms with E-state index in [2.05, 4.69) is 5.10 Å². The molecule has 3 aromatic rings. The van der Waals surface area contributed by atoms with Crippen LogP contribution in [0.3, 0.4) is 0 Å². The average Bonchev–Trinajstić information content (AvgIpc) is 3.32. The van der Waals surface area contributed by atoms with Gasteiger partial charge in [-0.1, -0.05) is 18.2 Å². The van der Waals surface area contributed by atoms with Crippen molar-refractivity contribution in [3.63, 3.8) is 0 Å². The van der Waals surface area contributed by atoms with E-state index in [1.807, 2.05) is 30.3 Å². The van der Waals surface area contributed by atoms with Gasteiger partial charge in [0.15, 0.2) is 5.65 Å². The molecule has 2 aromatic heterocycles. The van der Waals surface area contributed by atoms with E-state index in [-0.39, 0.29) is 29.4 Å². The molecule has 0 atom stereocenters. The van der Waals surface area contributed by atoms with Crippen LogP contribution < -0.4 is 10.4 Å². The number of ether oxygens (including phenoxy) is 1. The van der Waals surface area contributed by atoms with Crippen LogP contribution in [0.25, 0.3) is 5.65 Å². The van der Waals surface area contributed by atoms with E-state index in [4.69, 9.17) is 4.74 Å². The molecule has 142 valence electrons. The second-order valence-corrected chi connectivity index (χ2v) is 8.25. The Morgan fingerprint density at radius 1 is 1.04 bits per heavy atom. The van der Waals surface area contributed by atoms with Crippen LogP contribution in [0.4, 0.5) is 0 Å². The van der Waals surface area contributed by atoms with Gasteiger partial charge in [-0.15, -0.1) is 5.10 Å². The highest BCUT2D eigenvalue weighted by Gasteiger charge is 2.30. The van der Waals surface area contributed by atoms with Crippen LogP contribution in [-0.4, -0.2) is 46.6 Å². The standard InChI is InChI=1S/C18H20N4O4S/c23-18-21-12-6-9-16(27(24,25)20-10-4-5-11-20)17(21)19-22(18)13-14-26-15-7-2-1-3-8-15/h1-3,6-9,12H,4-5,10-11,13-14H2. The number of hydrogen-bond donors (Lipinski definition) is 0. The van der Waals surface area contributed by atoms with E-state index < -0.39 is 10.0 Å². The van der Waals surface area contributed by atoms with Crippen molar-refractivity contribution in [3.8, 4) is 5.75 Å². The number of pyridine rings is 1. The molecule has 0 unspecified atom stereocenters. The second kappa shape index (κ2) is 7.16. The smallest absolute Gasteiger partial charge is 0.350 e. The van der Waals surface area contributed by atoms with Crippen LogP contribution in [0.5, 0.6) is 5.75 Å². The largest absolute Gasteiger partial charge is 0.492 e. The fourth-order valence-corrected chi connectivity index (χ4v) is 4.83. The molecule has 0 bridgehead atoms. The molecule has 0 amide bonds. The summed E-state index contributed by atoms with van der Waals surface area (Å²) in [4.78, 5) is 12.6. The highest BCUT2D eigenvalue weighted by molar-refractivity contribution is 7.89. The summed E-state index contributed by atoms with van der Waals surface area (Å²) in [6, 6.07) is 12.3. The predicted octanol–water partition coefficient (Wildman–Crippen LogP) is 1.36. The van der Waals surface area contributed by atoms with E-state index in [1.54, 1.807) is 6.07 Å². The zero-order valence-electron chi connectivity index (χ0n) is 14.7.